The Balaban J connectivity index is 2.70. The number of aromatic nitrogens is 2. The van der Waals surface area contributed by atoms with Crippen molar-refractivity contribution in [3.63, 3.8) is 0 Å². The summed E-state index contributed by atoms with van der Waals surface area (Å²) in [5, 5.41) is 15.9. The van der Waals surface area contributed by atoms with Crippen LogP contribution < -0.4 is 5.32 Å². The van der Waals surface area contributed by atoms with Crippen molar-refractivity contribution in [3.05, 3.63) is 17.0 Å². The van der Waals surface area contributed by atoms with E-state index in [1.807, 2.05) is 27.8 Å². The highest BCUT2D eigenvalue weighted by Crippen LogP contribution is 2.12. The van der Waals surface area contributed by atoms with Crippen molar-refractivity contribution in [2.75, 3.05) is 6.61 Å². The molecular formula is C12H21N3O2. The number of amides is 1. The van der Waals surface area contributed by atoms with Crippen LogP contribution >= 0.6 is 0 Å². The predicted octanol–water partition coefficient (Wildman–Crippen LogP) is 0.928. The van der Waals surface area contributed by atoms with E-state index in [0.717, 1.165) is 17.8 Å². The maximum atomic E-state index is 12.0. The van der Waals surface area contributed by atoms with Gasteiger partial charge in [0.2, 0.25) is 0 Å². The molecular weight excluding hydrogens is 218 g/mol. The van der Waals surface area contributed by atoms with Gasteiger partial charge in [-0.25, -0.2) is 0 Å². The molecule has 1 amide bonds. The fraction of sp³-hybridized carbons (Fsp3) is 0.667. The molecule has 0 aliphatic heterocycles. The number of carbonyl (C=O) groups excluding carboxylic acids is 1. The monoisotopic (exact) mass is 239 g/mol. The number of aliphatic hydroxyl groups is 1. The van der Waals surface area contributed by atoms with Crippen LogP contribution in [-0.4, -0.2) is 33.4 Å². The van der Waals surface area contributed by atoms with E-state index in [0.29, 0.717) is 12.0 Å². The van der Waals surface area contributed by atoms with Crippen LogP contribution in [0.4, 0.5) is 0 Å². The molecule has 96 valence electrons. The van der Waals surface area contributed by atoms with Gasteiger partial charge in [0.05, 0.1) is 11.3 Å². The highest BCUT2D eigenvalue weighted by atomic mass is 16.3. The third-order valence-electron chi connectivity index (χ3n) is 2.91. The second-order valence-corrected chi connectivity index (χ2v) is 4.41. The largest absolute Gasteiger partial charge is 0.396 e. The Kier molecular flexibility index (Phi) is 4.69. The van der Waals surface area contributed by atoms with Crippen LogP contribution in [0.3, 0.4) is 0 Å². The average Bonchev–Trinajstić information content (AvgIpc) is 2.50. The third-order valence-corrected chi connectivity index (χ3v) is 2.91. The lowest BCUT2D eigenvalue weighted by atomic mass is 10.1. The standard InChI is InChI=1S/C12H21N3O2/c1-8(6-5-7-16)13-12(17)11-9(2)14-15(4)10(11)3/h8,16H,5-7H2,1-4H3,(H,13,17). The Morgan fingerprint density at radius 2 is 2.18 bits per heavy atom. The van der Waals surface area contributed by atoms with E-state index >= 15 is 0 Å². The molecule has 1 rings (SSSR count). The van der Waals surface area contributed by atoms with Gasteiger partial charge in [-0.2, -0.15) is 5.10 Å². The number of rotatable bonds is 5. The molecule has 1 heterocycles. The van der Waals surface area contributed by atoms with Crippen molar-refractivity contribution in [2.24, 2.45) is 7.05 Å². The molecule has 1 aromatic heterocycles. The maximum absolute atomic E-state index is 12.0. The molecule has 0 spiro atoms. The van der Waals surface area contributed by atoms with E-state index in [1.165, 1.54) is 0 Å². The third kappa shape index (κ3) is 3.30. The molecule has 2 N–H and O–H groups in total. The second kappa shape index (κ2) is 5.82. The number of hydrogen-bond donors (Lipinski definition) is 2. The zero-order valence-electron chi connectivity index (χ0n) is 10.9. The van der Waals surface area contributed by atoms with Crippen molar-refractivity contribution in [2.45, 2.75) is 39.7 Å². The Morgan fingerprint density at radius 1 is 1.53 bits per heavy atom. The van der Waals surface area contributed by atoms with Gasteiger partial charge in [-0.05, 0) is 33.6 Å². The first-order valence-corrected chi connectivity index (χ1v) is 5.89. The first-order chi connectivity index (χ1) is 7.97. The molecule has 1 aromatic rings. The van der Waals surface area contributed by atoms with Crippen LogP contribution in [0.2, 0.25) is 0 Å². The van der Waals surface area contributed by atoms with Crippen molar-refractivity contribution in [1.82, 2.24) is 15.1 Å². The second-order valence-electron chi connectivity index (χ2n) is 4.41. The van der Waals surface area contributed by atoms with Crippen LogP contribution in [-0.2, 0) is 7.05 Å². The summed E-state index contributed by atoms with van der Waals surface area (Å²) in [6.45, 7) is 5.81. The molecule has 5 nitrogen and oxygen atoms in total. The Labute approximate surface area is 102 Å². The lowest BCUT2D eigenvalue weighted by molar-refractivity contribution is 0.0935. The number of nitrogens with zero attached hydrogens (tertiary/aromatic N) is 2. The van der Waals surface area contributed by atoms with Gasteiger partial charge in [-0.1, -0.05) is 0 Å². The average molecular weight is 239 g/mol. The van der Waals surface area contributed by atoms with Crippen LogP contribution in [0.25, 0.3) is 0 Å². The fourth-order valence-electron chi connectivity index (χ4n) is 1.87. The summed E-state index contributed by atoms with van der Waals surface area (Å²) in [5.41, 5.74) is 2.27. The van der Waals surface area contributed by atoms with Gasteiger partial charge in [0.1, 0.15) is 0 Å². The van der Waals surface area contributed by atoms with E-state index in [1.54, 1.807) is 4.68 Å². The molecule has 0 aliphatic rings. The Hall–Kier alpha value is -1.36. The summed E-state index contributed by atoms with van der Waals surface area (Å²) >= 11 is 0. The topological polar surface area (TPSA) is 67.2 Å². The number of nitrogens with one attached hydrogen (secondary N) is 1. The normalized spacial score (nSPS) is 12.5. The van der Waals surface area contributed by atoms with Crippen molar-refractivity contribution in [3.8, 4) is 0 Å². The summed E-state index contributed by atoms with van der Waals surface area (Å²) in [4.78, 5) is 12.0. The Morgan fingerprint density at radius 3 is 2.65 bits per heavy atom. The number of carbonyl (C=O) groups is 1. The molecule has 1 atom stereocenters. The predicted molar refractivity (Wildman–Crippen MR) is 65.9 cm³/mol. The number of hydrogen-bond acceptors (Lipinski definition) is 3. The van der Waals surface area contributed by atoms with Crippen molar-refractivity contribution in [1.29, 1.82) is 0 Å². The van der Waals surface area contributed by atoms with Gasteiger partial charge >= 0.3 is 0 Å². The molecule has 0 aliphatic carbocycles. The molecule has 0 aromatic carbocycles. The molecule has 0 radical (unpaired) electrons. The van der Waals surface area contributed by atoms with E-state index in [9.17, 15) is 4.79 Å². The van der Waals surface area contributed by atoms with Gasteiger partial charge in [-0.3, -0.25) is 9.48 Å². The molecule has 0 saturated heterocycles. The number of aliphatic hydroxyl groups excluding tert-OH is 1. The summed E-state index contributed by atoms with van der Waals surface area (Å²) in [7, 11) is 1.83. The fourth-order valence-corrected chi connectivity index (χ4v) is 1.87. The lowest BCUT2D eigenvalue weighted by Crippen LogP contribution is -2.33. The van der Waals surface area contributed by atoms with Crippen LogP contribution in [0, 0.1) is 13.8 Å². The van der Waals surface area contributed by atoms with Crippen LogP contribution in [0.5, 0.6) is 0 Å². The van der Waals surface area contributed by atoms with E-state index in [4.69, 9.17) is 5.11 Å². The molecule has 1 unspecified atom stereocenters. The molecule has 5 heteroatoms. The molecule has 0 bridgehead atoms. The van der Waals surface area contributed by atoms with Gasteiger partial charge in [0, 0.05) is 25.4 Å². The van der Waals surface area contributed by atoms with Crippen molar-refractivity contribution < 1.29 is 9.90 Å². The quantitative estimate of drug-likeness (QED) is 0.803. The Bertz CT molecular complexity index is 399. The van der Waals surface area contributed by atoms with Gasteiger partial charge in [0.15, 0.2) is 0 Å². The van der Waals surface area contributed by atoms with Crippen molar-refractivity contribution >= 4 is 5.91 Å². The summed E-state index contributed by atoms with van der Waals surface area (Å²) in [6.07, 6.45) is 1.48. The highest BCUT2D eigenvalue weighted by molar-refractivity contribution is 5.96. The van der Waals surface area contributed by atoms with Gasteiger partial charge in [0.25, 0.3) is 5.91 Å². The first-order valence-electron chi connectivity index (χ1n) is 5.89. The van der Waals surface area contributed by atoms with E-state index in [2.05, 4.69) is 10.4 Å². The number of aryl methyl sites for hydroxylation is 2. The highest BCUT2D eigenvalue weighted by Gasteiger charge is 2.18. The zero-order chi connectivity index (χ0) is 13.0. The van der Waals surface area contributed by atoms with Crippen LogP contribution in [0.1, 0.15) is 41.5 Å². The molecule has 0 fully saturated rings. The minimum atomic E-state index is -0.0847. The van der Waals surface area contributed by atoms with Gasteiger partial charge in [-0.15, -0.1) is 0 Å². The lowest BCUT2D eigenvalue weighted by Gasteiger charge is -2.13. The SMILES string of the molecule is Cc1nn(C)c(C)c1C(=O)NC(C)CCCO. The summed E-state index contributed by atoms with van der Waals surface area (Å²) < 4.78 is 1.71. The summed E-state index contributed by atoms with van der Waals surface area (Å²) in [6, 6.07) is 0.0636. The molecule has 17 heavy (non-hydrogen) atoms. The van der Waals surface area contributed by atoms with E-state index in [-0.39, 0.29) is 18.6 Å². The first kappa shape index (κ1) is 13.7. The smallest absolute Gasteiger partial charge is 0.255 e. The zero-order valence-corrected chi connectivity index (χ0v) is 10.9. The summed E-state index contributed by atoms with van der Waals surface area (Å²) in [5.74, 6) is -0.0847. The van der Waals surface area contributed by atoms with Gasteiger partial charge < -0.3 is 10.4 Å². The molecule has 0 saturated carbocycles. The van der Waals surface area contributed by atoms with Crippen LogP contribution in [0.15, 0.2) is 0 Å². The minimum absolute atomic E-state index is 0.0636. The minimum Gasteiger partial charge on any atom is -0.396 e. The maximum Gasteiger partial charge on any atom is 0.255 e. The van der Waals surface area contributed by atoms with E-state index < -0.39 is 0 Å².